The number of fused-ring (bicyclic) bond motifs is 5. The van der Waals surface area contributed by atoms with Crippen LogP contribution in [-0.2, 0) is 9.59 Å². The third-order valence-electron chi connectivity index (χ3n) is 6.51. The van der Waals surface area contributed by atoms with E-state index in [0.29, 0.717) is 10.6 Å². The monoisotopic (exact) mass is 426 g/mol. The summed E-state index contributed by atoms with van der Waals surface area (Å²) in [6.45, 7) is 0. The Morgan fingerprint density at radius 2 is 1.58 bits per heavy atom. The quantitative estimate of drug-likeness (QED) is 0.466. The second-order valence-electron chi connectivity index (χ2n) is 8.02. The van der Waals surface area contributed by atoms with Crippen LogP contribution >= 0.6 is 11.3 Å². The Morgan fingerprint density at radius 3 is 2.35 bits per heavy atom. The van der Waals surface area contributed by atoms with Crippen LogP contribution in [0.25, 0.3) is 6.08 Å². The number of Topliss-reactive ketones (excluding diaryl/α,β-unsaturated/α-hetero) is 1. The number of amides is 2. The second-order valence-corrected chi connectivity index (χ2v) is 8.97. The summed E-state index contributed by atoms with van der Waals surface area (Å²) in [6, 6.07) is 19.5. The fourth-order valence-electron chi connectivity index (χ4n) is 5.25. The smallest absolute Gasteiger partial charge is 0.240 e. The SMILES string of the molecule is O=C(c1cccs1)C1C2C(=O)N(c3ccccc3)C(=O)C2C2c3ccccc3C=CN12. The van der Waals surface area contributed by atoms with Gasteiger partial charge in [0, 0.05) is 6.20 Å². The Labute approximate surface area is 183 Å². The molecule has 1 aromatic heterocycles. The number of hydrogen-bond acceptors (Lipinski definition) is 5. The first-order valence-electron chi connectivity index (χ1n) is 10.2. The highest BCUT2D eigenvalue weighted by molar-refractivity contribution is 7.12. The largest absolute Gasteiger partial charge is 0.358 e. The van der Waals surface area contributed by atoms with Gasteiger partial charge in [0.25, 0.3) is 0 Å². The molecule has 3 aliphatic rings. The molecule has 4 unspecified atom stereocenters. The minimum atomic E-state index is -0.719. The second kappa shape index (κ2) is 6.75. The summed E-state index contributed by atoms with van der Waals surface area (Å²) in [5.74, 6) is -1.96. The van der Waals surface area contributed by atoms with E-state index in [-0.39, 0.29) is 23.6 Å². The number of carbonyl (C=O) groups excluding carboxylic acids is 3. The van der Waals surface area contributed by atoms with Gasteiger partial charge in [-0.25, -0.2) is 4.90 Å². The highest BCUT2D eigenvalue weighted by Gasteiger charge is 2.64. The van der Waals surface area contributed by atoms with Crippen molar-refractivity contribution in [3.8, 4) is 0 Å². The first kappa shape index (κ1) is 18.3. The molecule has 152 valence electrons. The molecule has 0 radical (unpaired) electrons. The van der Waals surface area contributed by atoms with Gasteiger partial charge in [0.05, 0.1) is 28.4 Å². The van der Waals surface area contributed by atoms with Crippen LogP contribution in [0.5, 0.6) is 0 Å². The number of carbonyl (C=O) groups is 3. The minimum absolute atomic E-state index is 0.104. The number of para-hydroxylation sites is 1. The van der Waals surface area contributed by atoms with E-state index in [1.165, 1.54) is 16.2 Å². The van der Waals surface area contributed by atoms with Gasteiger partial charge in [0.1, 0.15) is 6.04 Å². The standard InChI is InChI=1S/C25H18N2O3S/c28-23(18-11-6-14-31-18)22-20-19(21-17-10-5-4-7-15(17)12-13-26(21)22)24(29)27(25(20)30)16-8-2-1-3-9-16/h1-14,19-22H. The fourth-order valence-corrected chi connectivity index (χ4v) is 5.95. The van der Waals surface area contributed by atoms with Crippen LogP contribution in [0.2, 0.25) is 0 Å². The first-order chi connectivity index (χ1) is 15.2. The number of hydrogen-bond donors (Lipinski definition) is 0. The van der Waals surface area contributed by atoms with Gasteiger partial charge < -0.3 is 4.90 Å². The number of nitrogens with zero attached hydrogens (tertiary/aromatic N) is 2. The van der Waals surface area contributed by atoms with Gasteiger partial charge in [-0.3, -0.25) is 14.4 Å². The lowest BCUT2D eigenvalue weighted by Gasteiger charge is -2.35. The zero-order chi connectivity index (χ0) is 21.1. The Morgan fingerprint density at radius 1 is 0.839 bits per heavy atom. The van der Waals surface area contributed by atoms with Gasteiger partial charge in [-0.15, -0.1) is 11.3 Å². The molecule has 2 saturated heterocycles. The maximum absolute atomic E-state index is 13.7. The maximum atomic E-state index is 13.7. The van der Waals surface area contributed by atoms with E-state index in [0.717, 1.165) is 11.1 Å². The number of imide groups is 1. The summed E-state index contributed by atoms with van der Waals surface area (Å²) in [7, 11) is 0. The molecule has 2 amide bonds. The molecule has 0 saturated carbocycles. The predicted molar refractivity (Wildman–Crippen MR) is 118 cm³/mol. The van der Waals surface area contributed by atoms with Crippen LogP contribution in [0.1, 0.15) is 26.8 Å². The van der Waals surface area contributed by atoms with Crippen molar-refractivity contribution in [3.05, 3.63) is 94.3 Å². The Kier molecular flexibility index (Phi) is 3.98. The van der Waals surface area contributed by atoms with Crippen LogP contribution in [0, 0.1) is 11.8 Å². The highest BCUT2D eigenvalue weighted by atomic mass is 32.1. The summed E-state index contributed by atoms with van der Waals surface area (Å²) in [4.78, 5) is 44.7. The average Bonchev–Trinajstić information content (AvgIpc) is 3.50. The number of ketones is 1. The lowest BCUT2D eigenvalue weighted by atomic mass is 9.84. The van der Waals surface area contributed by atoms with Crippen molar-refractivity contribution >= 4 is 40.7 Å². The molecule has 6 rings (SSSR count). The van der Waals surface area contributed by atoms with Crippen molar-refractivity contribution in [2.75, 3.05) is 4.90 Å². The molecule has 0 spiro atoms. The lowest BCUT2D eigenvalue weighted by Crippen LogP contribution is -2.44. The number of benzene rings is 2. The highest BCUT2D eigenvalue weighted by Crippen LogP contribution is 2.53. The molecule has 6 heteroatoms. The summed E-state index contributed by atoms with van der Waals surface area (Å²) in [6.07, 6.45) is 3.85. The molecule has 4 heterocycles. The van der Waals surface area contributed by atoms with Crippen LogP contribution in [0.15, 0.2) is 78.3 Å². The van der Waals surface area contributed by atoms with Crippen molar-refractivity contribution in [2.24, 2.45) is 11.8 Å². The molecule has 0 aliphatic carbocycles. The van der Waals surface area contributed by atoms with E-state index < -0.39 is 17.9 Å². The van der Waals surface area contributed by atoms with Gasteiger partial charge in [-0.1, -0.05) is 48.5 Å². The van der Waals surface area contributed by atoms with E-state index in [2.05, 4.69) is 0 Å². The van der Waals surface area contributed by atoms with Gasteiger partial charge in [-0.05, 0) is 40.8 Å². The maximum Gasteiger partial charge on any atom is 0.240 e. The van der Waals surface area contributed by atoms with Crippen LogP contribution in [-0.4, -0.2) is 28.5 Å². The van der Waals surface area contributed by atoms with E-state index in [9.17, 15) is 14.4 Å². The normalized spacial score (nSPS) is 26.1. The van der Waals surface area contributed by atoms with Crippen molar-refractivity contribution in [1.29, 1.82) is 0 Å². The van der Waals surface area contributed by atoms with Gasteiger partial charge in [0.2, 0.25) is 11.8 Å². The molecule has 2 fully saturated rings. The molecule has 3 aliphatic heterocycles. The molecule has 5 nitrogen and oxygen atoms in total. The van der Waals surface area contributed by atoms with Crippen LogP contribution < -0.4 is 4.90 Å². The zero-order valence-corrected chi connectivity index (χ0v) is 17.2. The van der Waals surface area contributed by atoms with E-state index in [4.69, 9.17) is 0 Å². The summed E-state index contributed by atoms with van der Waals surface area (Å²) >= 11 is 1.37. The van der Waals surface area contributed by atoms with Crippen molar-refractivity contribution in [2.45, 2.75) is 12.1 Å². The first-order valence-corrected chi connectivity index (χ1v) is 11.1. The third-order valence-corrected chi connectivity index (χ3v) is 7.39. The van der Waals surface area contributed by atoms with Gasteiger partial charge in [0.15, 0.2) is 5.78 Å². The molecule has 4 atom stereocenters. The third kappa shape index (κ3) is 2.51. The van der Waals surface area contributed by atoms with E-state index in [1.807, 2.05) is 71.1 Å². The van der Waals surface area contributed by atoms with Crippen molar-refractivity contribution in [3.63, 3.8) is 0 Å². The predicted octanol–water partition coefficient (Wildman–Crippen LogP) is 4.15. The Balaban J connectivity index is 1.52. The topological polar surface area (TPSA) is 57.7 Å². The number of thiophene rings is 1. The number of anilines is 1. The van der Waals surface area contributed by atoms with E-state index in [1.54, 1.807) is 18.2 Å². The minimum Gasteiger partial charge on any atom is -0.358 e. The molecule has 3 aromatic rings. The zero-order valence-electron chi connectivity index (χ0n) is 16.4. The van der Waals surface area contributed by atoms with Crippen LogP contribution in [0.4, 0.5) is 5.69 Å². The fraction of sp³-hybridized carbons (Fsp3) is 0.160. The molecular weight excluding hydrogens is 408 g/mol. The summed E-state index contributed by atoms with van der Waals surface area (Å²) < 4.78 is 0. The molecule has 31 heavy (non-hydrogen) atoms. The Hall–Kier alpha value is -3.51. The van der Waals surface area contributed by atoms with Crippen molar-refractivity contribution < 1.29 is 14.4 Å². The molecule has 0 N–H and O–H groups in total. The van der Waals surface area contributed by atoms with E-state index >= 15 is 0 Å². The number of rotatable bonds is 3. The molecular formula is C25H18N2O3S. The van der Waals surface area contributed by atoms with Gasteiger partial charge >= 0.3 is 0 Å². The summed E-state index contributed by atoms with van der Waals surface area (Å²) in [5, 5.41) is 1.86. The van der Waals surface area contributed by atoms with Gasteiger partial charge in [-0.2, -0.15) is 0 Å². The van der Waals surface area contributed by atoms with Crippen molar-refractivity contribution in [1.82, 2.24) is 4.90 Å². The average molecular weight is 426 g/mol. The lowest BCUT2D eigenvalue weighted by molar-refractivity contribution is -0.123. The molecule has 2 aromatic carbocycles. The molecule has 0 bridgehead atoms. The van der Waals surface area contributed by atoms with Crippen LogP contribution in [0.3, 0.4) is 0 Å². The summed E-state index contributed by atoms with van der Waals surface area (Å²) in [5.41, 5.74) is 2.56. The Bertz CT molecular complexity index is 1230.